The molecule has 0 aliphatic rings. The predicted octanol–water partition coefficient (Wildman–Crippen LogP) is 5.44. The molecule has 1 N–H and O–H groups in total. The number of rotatable bonds is 8. The maximum Gasteiger partial charge on any atom is 0.0465 e. The second kappa shape index (κ2) is 8.79. The number of halogens is 2. The highest BCUT2D eigenvalue weighted by Gasteiger charge is 2.10. The highest BCUT2D eigenvalue weighted by Crippen LogP contribution is 2.24. The van der Waals surface area contributed by atoms with Crippen molar-refractivity contribution in [3.05, 3.63) is 33.8 Å². The highest BCUT2D eigenvalue weighted by molar-refractivity contribution is 6.35. The predicted molar refractivity (Wildman–Crippen MR) is 81.5 cm³/mol. The largest absolute Gasteiger partial charge is 0.310 e. The quantitative estimate of drug-likeness (QED) is 0.671. The zero-order valence-corrected chi connectivity index (χ0v) is 12.8. The Labute approximate surface area is 121 Å². The van der Waals surface area contributed by atoms with Crippen molar-refractivity contribution in [3.63, 3.8) is 0 Å². The second-order valence-corrected chi connectivity index (χ2v) is 5.52. The summed E-state index contributed by atoms with van der Waals surface area (Å²) in [7, 11) is 0. The van der Waals surface area contributed by atoms with E-state index in [4.69, 9.17) is 23.2 Å². The van der Waals surface area contributed by atoms with Crippen molar-refractivity contribution in [1.29, 1.82) is 0 Å². The van der Waals surface area contributed by atoms with Crippen molar-refractivity contribution < 1.29 is 0 Å². The normalized spacial score (nSPS) is 12.7. The van der Waals surface area contributed by atoms with Crippen molar-refractivity contribution in [2.45, 2.75) is 58.5 Å². The minimum absolute atomic E-state index is 0.572. The summed E-state index contributed by atoms with van der Waals surface area (Å²) in [6.45, 7) is 5.21. The molecular weight excluding hydrogens is 265 g/mol. The second-order valence-electron chi connectivity index (χ2n) is 4.71. The van der Waals surface area contributed by atoms with E-state index >= 15 is 0 Å². The molecule has 18 heavy (non-hydrogen) atoms. The van der Waals surface area contributed by atoms with E-state index in [1.54, 1.807) is 0 Å². The molecule has 1 unspecified atom stereocenters. The molecule has 1 atom stereocenters. The van der Waals surface area contributed by atoms with Gasteiger partial charge in [-0.15, -0.1) is 0 Å². The van der Waals surface area contributed by atoms with Gasteiger partial charge < -0.3 is 5.32 Å². The summed E-state index contributed by atoms with van der Waals surface area (Å²) >= 11 is 12.3. The van der Waals surface area contributed by atoms with Crippen molar-refractivity contribution in [3.8, 4) is 0 Å². The van der Waals surface area contributed by atoms with E-state index < -0.39 is 0 Å². The van der Waals surface area contributed by atoms with E-state index in [9.17, 15) is 0 Å². The Morgan fingerprint density at radius 2 is 1.72 bits per heavy atom. The summed E-state index contributed by atoms with van der Waals surface area (Å²) in [6, 6.07) is 6.24. The van der Waals surface area contributed by atoms with Crippen molar-refractivity contribution in [2.24, 2.45) is 0 Å². The molecule has 3 heteroatoms. The average molecular weight is 288 g/mol. The number of hydrogen-bond acceptors (Lipinski definition) is 1. The van der Waals surface area contributed by atoms with Gasteiger partial charge in [0, 0.05) is 28.2 Å². The molecular formula is C15H23Cl2N. The van der Waals surface area contributed by atoms with Crippen LogP contribution in [0.25, 0.3) is 0 Å². The third-order valence-electron chi connectivity index (χ3n) is 3.17. The summed E-state index contributed by atoms with van der Waals surface area (Å²) in [5.41, 5.74) is 1.01. The van der Waals surface area contributed by atoms with Crippen LogP contribution < -0.4 is 5.32 Å². The van der Waals surface area contributed by atoms with E-state index in [1.807, 2.05) is 18.2 Å². The molecule has 1 aromatic carbocycles. The zero-order valence-electron chi connectivity index (χ0n) is 11.3. The van der Waals surface area contributed by atoms with Crippen LogP contribution in [0.5, 0.6) is 0 Å². The van der Waals surface area contributed by atoms with Crippen LogP contribution in [0.15, 0.2) is 18.2 Å². The molecule has 0 fully saturated rings. The molecule has 1 aromatic rings. The van der Waals surface area contributed by atoms with Crippen LogP contribution in [-0.4, -0.2) is 6.04 Å². The van der Waals surface area contributed by atoms with E-state index in [1.165, 1.54) is 32.1 Å². The first-order chi connectivity index (χ1) is 8.69. The smallest absolute Gasteiger partial charge is 0.0465 e. The molecule has 0 heterocycles. The molecule has 0 radical (unpaired) electrons. The summed E-state index contributed by atoms with van der Waals surface area (Å²) in [6.07, 6.45) is 6.16. The van der Waals surface area contributed by atoms with Crippen LogP contribution in [-0.2, 0) is 6.54 Å². The Morgan fingerprint density at radius 1 is 1.06 bits per heavy atom. The highest BCUT2D eigenvalue weighted by atomic mass is 35.5. The molecule has 0 aliphatic carbocycles. The minimum atomic E-state index is 0.572. The van der Waals surface area contributed by atoms with E-state index in [0.717, 1.165) is 22.2 Å². The summed E-state index contributed by atoms with van der Waals surface area (Å²) in [5.74, 6) is 0. The number of unbranched alkanes of at least 4 members (excludes halogenated alkanes) is 1. The monoisotopic (exact) mass is 287 g/mol. The van der Waals surface area contributed by atoms with Gasteiger partial charge in [0.05, 0.1) is 0 Å². The lowest BCUT2D eigenvalue weighted by Crippen LogP contribution is -2.28. The van der Waals surface area contributed by atoms with Crippen LogP contribution in [0, 0.1) is 0 Å². The van der Waals surface area contributed by atoms with Gasteiger partial charge in [-0.25, -0.2) is 0 Å². The number of benzene rings is 1. The topological polar surface area (TPSA) is 12.0 Å². The molecule has 0 saturated heterocycles. The van der Waals surface area contributed by atoms with E-state index in [2.05, 4.69) is 19.2 Å². The lowest BCUT2D eigenvalue weighted by atomic mass is 10.0. The van der Waals surface area contributed by atoms with E-state index in [0.29, 0.717) is 6.04 Å². The lowest BCUT2D eigenvalue weighted by molar-refractivity contribution is 0.434. The third kappa shape index (κ3) is 5.17. The number of nitrogens with one attached hydrogen (secondary N) is 1. The molecule has 1 nitrogen and oxygen atoms in total. The summed E-state index contributed by atoms with van der Waals surface area (Å²) in [4.78, 5) is 0. The molecule has 0 spiro atoms. The first-order valence-corrected chi connectivity index (χ1v) is 7.60. The molecule has 0 aliphatic heterocycles. The van der Waals surface area contributed by atoms with Gasteiger partial charge in [-0.2, -0.15) is 0 Å². The standard InChI is InChI=1S/C15H23Cl2N/c1-3-5-8-12(7-4-2)18-11-13-14(16)9-6-10-15(13)17/h6,9-10,12,18H,3-5,7-8,11H2,1-2H3. The van der Waals surface area contributed by atoms with Crippen LogP contribution >= 0.6 is 23.2 Å². The van der Waals surface area contributed by atoms with Gasteiger partial charge in [-0.1, -0.05) is 62.4 Å². The van der Waals surface area contributed by atoms with Gasteiger partial charge in [-0.3, -0.25) is 0 Å². The van der Waals surface area contributed by atoms with Gasteiger partial charge >= 0.3 is 0 Å². The first-order valence-electron chi connectivity index (χ1n) is 6.85. The minimum Gasteiger partial charge on any atom is -0.310 e. The van der Waals surface area contributed by atoms with E-state index in [-0.39, 0.29) is 0 Å². The van der Waals surface area contributed by atoms with Crippen molar-refractivity contribution in [2.75, 3.05) is 0 Å². The van der Waals surface area contributed by atoms with Gasteiger partial charge in [-0.05, 0) is 25.0 Å². The Hall–Kier alpha value is -0.240. The third-order valence-corrected chi connectivity index (χ3v) is 3.88. The Morgan fingerprint density at radius 3 is 2.28 bits per heavy atom. The first kappa shape index (κ1) is 15.8. The van der Waals surface area contributed by atoms with Crippen LogP contribution in [0.2, 0.25) is 10.0 Å². The molecule has 0 saturated carbocycles. The van der Waals surface area contributed by atoms with Crippen molar-refractivity contribution >= 4 is 23.2 Å². The Bertz CT molecular complexity index is 332. The number of hydrogen-bond donors (Lipinski definition) is 1. The maximum atomic E-state index is 6.17. The van der Waals surface area contributed by atoms with Crippen LogP contribution in [0.4, 0.5) is 0 Å². The Balaban J connectivity index is 2.55. The fraction of sp³-hybridized carbons (Fsp3) is 0.600. The molecule has 0 amide bonds. The lowest BCUT2D eigenvalue weighted by Gasteiger charge is -2.18. The Kier molecular flexibility index (Phi) is 7.73. The SMILES string of the molecule is CCCCC(CCC)NCc1c(Cl)cccc1Cl. The zero-order chi connectivity index (χ0) is 13.4. The van der Waals surface area contributed by atoms with Crippen molar-refractivity contribution in [1.82, 2.24) is 5.32 Å². The summed E-state index contributed by atoms with van der Waals surface area (Å²) in [5, 5.41) is 5.09. The molecule has 0 aromatic heterocycles. The van der Waals surface area contributed by atoms with Crippen LogP contribution in [0.1, 0.15) is 51.5 Å². The van der Waals surface area contributed by atoms with Gasteiger partial charge in [0.1, 0.15) is 0 Å². The fourth-order valence-electron chi connectivity index (χ4n) is 2.10. The molecule has 0 bridgehead atoms. The average Bonchev–Trinajstić information content (AvgIpc) is 2.35. The molecule has 1 rings (SSSR count). The fourth-order valence-corrected chi connectivity index (χ4v) is 2.63. The molecule has 102 valence electrons. The van der Waals surface area contributed by atoms with Gasteiger partial charge in [0.15, 0.2) is 0 Å². The van der Waals surface area contributed by atoms with Gasteiger partial charge in [0.25, 0.3) is 0 Å². The summed E-state index contributed by atoms with van der Waals surface area (Å²) < 4.78 is 0. The maximum absolute atomic E-state index is 6.17. The van der Waals surface area contributed by atoms with Gasteiger partial charge in [0.2, 0.25) is 0 Å². The van der Waals surface area contributed by atoms with Crippen LogP contribution in [0.3, 0.4) is 0 Å².